The van der Waals surface area contributed by atoms with Crippen LogP contribution in [-0.4, -0.2) is 22.4 Å². The van der Waals surface area contributed by atoms with E-state index in [9.17, 15) is 10.2 Å². The van der Waals surface area contributed by atoms with Gasteiger partial charge in [-0.1, -0.05) is 25.5 Å². The number of allylic oxidation sites excluding steroid dienone is 2. The van der Waals surface area contributed by atoms with Gasteiger partial charge in [-0.2, -0.15) is 0 Å². The first kappa shape index (κ1) is 13.1. The maximum absolute atomic E-state index is 10.4. The molecule has 98 valence electrons. The van der Waals surface area contributed by atoms with E-state index in [1.54, 1.807) is 6.92 Å². The van der Waals surface area contributed by atoms with E-state index in [4.69, 9.17) is 0 Å². The Morgan fingerprint density at radius 1 is 1.53 bits per heavy atom. The van der Waals surface area contributed by atoms with Gasteiger partial charge in [-0.3, -0.25) is 0 Å². The topological polar surface area (TPSA) is 40.5 Å². The summed E-state index contributed by atoms with van der Waals surface area (Å²) in [5.74, 6) is 1.35. The molecule has 17 heavy (non-hydrogen) atoms. The molecule has 0 amide bonds. The van der Waals surface area contributed by atoms with Crippen molar-refractivity contribution in [2.45, 2.75) is 52.6 Å². The molecule has 0 heterocycles. The fraction of sp³-hybridized carbons (Fsp3) is 0.867. The highest BCUT2D eigenvalue weighted by Crippen LogP contribution is 2.59. The molecule has 0 aromatic heterocycles. The molecule has 0 aromatic carbocycles. The Bertz CT molecular complexity index is 332. The van der Waals surface area contributed by atoms with E-state index in [1.807, 2.05) is 0 Å². The maximum Gasteiger partial charge on any atom is 0.0880 e. The molecule has 0 spiro atoms. The molecule has 0 aromatic rings. The van der Waals surface area contributed by atoms with Crippen LogP contribution in [-0.2, 0) is 0 Å². The van der Waals surface area contributed by atoms with E-state index >= 15 is 0 Å². The second-order valence-corrected chi connectivity index (χ2v) is 6.68. The van der Waals surface area contributed by atoms with Crippen LogP contribution in [0.15, 0.2) is 11.6 Å². The quantitative estimate of drug-likeness (QED) is 0.726. The average molecular weight is 238 g/mol. The highest BCUT2D eigenvalue weighted by Gasteiger charge is 2.54. The second kappa shape index (κ2) is 4.10. The van der Waals surface area contributed by atoms with Gasteiger partial charge in [0.25, 0.3) is 0 Å². The van der Waals surface area contributed by atoms with Crippen molar-refractivity contribution in [2.75, 3.05) is 6.61 Å². The fourth-order valence-corrected chi connectivity index (χ4v) is 4.16. The Morgan fingerprint density at radius 3 is 2.76 bits per heavy atom. The van der Waals surface area contributed by atoms with E-state index in [-0.39, 0.29) is 12.5 Å². The lowest BCUT2D eigenvalue weighted by atomic mass is 9.61. The number of hydrogen-bond donors (Lipinski definition) is 2. The highest BCUT2D eigenvalue weighted by atomic mass is 16.3. The molecule has 2 N–H and O–H groups in total. The van der Waals surface area contributed by atoms with Crippen LogP contribution >= 0.6 is 0 Å². The van der Waals surface area contributed by atoms with Crippen molar-refractivity contribution in [1.82, 2.24) is 0 Å². The molecular formula is C15H26O2. The summed E-state index contributed by atoms with van der Waals surface area (Å²) < 4.78 is 0. The molecule has 2 nitrogen and oxygen atoms in total. The van der Waals surface area contributed by atoms with Gasteiger partial charge in [-0.15, -0.1) is 0 Å². The van der Waals surface area contributed by atoms with Gasteiger partial charge in [0.1, 0.15) is 0 Å². The molecule has 0 aliphatic heterocycles. The van der Waals surface area contributed by atoms with Crippen LogP contribution in [0, 0.1) is 23.2 Å². The zero-order chi connectivity index (χ0) is 12.8. The largest absolute Gasteiger partial charge is 0.393 e. The summed E-state index contributed by atoms with van der Waals surface area (Å²) in [5, 5.41) is 19.7. The molecule has 0 unspecified atom stereocenters. The van der Waals surface area contributed by atoms with E-state index in [1.165, 1.54) is 12.0 Å². The monoisotopic (exact) mass is 238 g/mol. The third-order valence-corrected chi connectivity index (χ3v) is 5.81. The first-order valence-corrected chi connectivity index (χ1v) is 6.83. The molecule has 5 atom stereocenters. The van der Waals surface area contributed by atoms with Crippen LogP contribution < -0.4 is 0 Å². The van der Waals surface area contributed by atoms with Gasteiger partial charge in [0.05, 0.1) is 12.2 Å². The van der Waals surface area contributed by atoms with E-state index in [0.29, 0.717) is 17.3 Å². The van der Waals surface area contributed by atoms with Crippen LogP contribution in [0.2, 0.25) is 0 Å². The van der Waals surface area contributed by atoms with Gasteiger partial charge in [0.2, 0.25) is 0 Å². The Balaban J connectivity index is 2.30. The Morgan fingerprint density at radius 2 is 2.18 bits per heavy atom. The smallest absolute Gasteiger partial charge is 0.0880 e. The first-order chi connectivity index (χ1) is 7.83. The summed E-state index contributed by atoms with van der Waals surface area (Å²) in [7, 11) is 0. The number of hydrogen-bond acceptors (Lipinski definition) is 2. The van der Waals surface area contributed by atoms with Crippen LogP contribution in [0.4, 0.5) is 0 Å². The van der Waals surface area contributed by atoms with Crippen molar-refractivity contribution in [3.63, 3.8) is 0 Å². The summed E-state index contributed by atoms with van der Waals surface area (Å²) in [6, 6.07) is 0. The zero-order valence-corrected chi connectivity index (χ0v) is 11.5. The predicted molar refractivity (Wildman–Crippen MR) is 69.6 cm³/mol. The van der Waals surface area contributed by atoms with Crippen molar-refractivity contribution in [2.24, 2.45) is 23.2 Å². The number of rotatable bonds is 2. The zero-order valence-electron chi connectivity index (χ0n) is 11.5. The lowest BCUT2D eigenvalue weighted by Crippen LogP contribution is -2.45. The lowest BCUT2D eigenvalue weighted by Gasteiger charge is -2.45. The van der Waals surface area contributed by atoms with Gasteiger partial charge in [-0.25, -0.2) is 0 Å². The Hall–Kier alpha value is -0.340. The second-order valence-electron chi connectivity index (χ2n) is 6.68. The molecule has 1 saturated carbocycles. The molecule has 2 heteroatoms. The molecule has 1 fully saturated rings. The average Bonchev–Trinajstić information content (AvgIpc) is 2.64. The van der Waals surface area contributed by atoms with E-state index in [2.05, 4.69) is 26.8 Å². The van der Waals surface area contributed by atoms with Crippen molar-refractivity contribution in [1.29, 1.82) is 0 Å². The van der Waals surface area contributed by atoms with Gasteiger partial charge < -0.3 is 10.2 Å². The standard InChI is InChI=1S/C15H26O2/c1-10-5-6-12-13(15(4,17)9-16)7-8-14(12,3)11(10)2/h5,11-13,16-17H,6-9H2,1-4H3/t11-,12+,13+,14-,15-/m1/s1. The van der Waals surface area contributed by atoms with E-state index in [0.717, 1.165) is 12.8 Å². The first-order valence-electron chi connectivity index (χ1n) is 6.83. The summed E-state index contributed by atoms with van der Waals surface area (Å²) in [6.07, 6.45) is 5.61. The summed E-state index contributed by atoms with van der Waals surface area (Å²) in [5.41, 5.74) is 0.886. The van der Waals surface area contributed by atoms with Gasteiger partial charge in [0, 0.05) is 0 Å². The molecule has 0 saturated heterocycles. The van der Waals surface area contributed by atoms with Crippen LogP contribution in [0.3, 0.4) is 0 Å². The van der Waals surface area contributed by atoms with Gasteiger partial charge in [0.15, 0.2) is 0 Å². The molecule has 2 aliphatic carbocycles. The van der Waals surface area contributed by atoms with Crippen LogP contribution in [0.25, 0.3) is 0 Å². The van der Waals surface area contributed by atoms with Gasteiger partial charge in [-0.05, 0) is 56.3 Å². The van der Waals surface area contributed by atoms with Crippen molar-refractivity contribution in [3.8, 4) is 0 Å². The summed E-state index contributed by atoms with van der Waals surface area (Å²) in [4.78, 5) is 0. The van der Waals surface area contributed by atoms with Crippen molar-refractivity contribution >= 4 is 0 Å². The Labute approximate surface area is 105 Å². The fourth-order valence-electron chi connectivity index (χ4n) is 4.16. The molecular weight excluding hydrogens is 212 g/mol. The minimum Gasteiger partial charge on any atom is -0.393 e. The maximum atomic E-state index is 10.4. The normalized spacial score (nSPS) is 45.1. The lowest BCUT2D eigenvalue weighted by molar-refractivity contribution is -0.0712. The van der Waals surface area contributed by atoms with Gasteiger partial charge >= 0.3 is 0 Å². The van der Waals surface area contributed by atoms with E-state index < -0.39 is 5.60 Å². The third-order valence-electron chi connectivity index (χ3n) is 5.81. The number of fused-ring (bicyclic) bond motifs is 1. The molecule has 2 rings (SSSR count). The highest BCUT2D eigenvalue weighted by molar-refractivity contribution is 5.18. The summed E-state index contributed by atoms with van der Waals surface area (Å²) >= 11 is 0. The van der Waals surface area contributed by atoms with Crippen molar-refractivity contribution in [3.05, 3.63) is 11.6 Å². The molecule has 2 aliphatic rings. The number of aliphatic hydroxyl groups excluding tert-OH is 1. The minimum atomic E-state index is -0.915. The molecule has 0 bridgehead atoms. The van der Waals surface area contributed by atoms with Crippen LogP contribution in [0.1, 0.15) is 47.0 Å². The third kappa shape index (κ3) is 1.86. The molecule has 0 radical (unpaired) electrons. The van der Waals surface area contributed by atoms with Crippen LogP contribution in [0.5, 0.6) is 0 Å². The predicted octanol–water partition coefficient (Wildman–Crippen LogP) is 2.75. The summed E-state index contributed by atoms with van der Waals surface area (Å²) in [6.45, 7) is 8.57. The van der Waals surface area contributed by atoms with Crippen molar-refractivity contribution < 1.29 is 10.2 Å². The SMILES string of the molecule is CC1=CC[C@H]2[C@@H]([C@](C)(O)CO)CC[C@]2(C)[C@@H]1C. The number of aliphatic hydroxyl groups is 2. The minimum absolute atomic E-state index is 0.124. The Kier molecular flexibility index (Phi) is 3.16.